The fraction of sp³-hybridized carbons (Fsp3) is 0.286. The molecule has 2 heterocycles. The number of hydrogen-bond acceptors (Lipinski definition) is 4. The third-order valence-electron chi connectivity index (χ3n) is 3.41. The molecule has 2 aromatic heterocycles. The van der Waals surface area contributed by atoms with Crippen LogP contribution in [0, 0.1) is 0 Å². The van der Waals surface area contributed by atoms with Crippen molar-refractivity contribution in [1.29, 1.82) is 0 Å². The Labute approximate surface area is 117 Å². The summed E-state index contributed by atoms with van der Waals surface area (Å²) >= 11 is 0. The zero-order valence-corrected chi connectivity index (χ0v) is 11.8. The monoisotopic (exact) mass is 270 g/mol. The van der Waals surface area contributed by atoms with Crippen LogP contribution in [0.4, 0.5) is 17.5 Å². The SMILES string of the molecule is CC(C)n1cnc(Nc2cccc3c2nc(N)n3C)c1. The van der Waals surface area contributed by atoms with Gasteiger partial charge in [-0.15, -0.1) is 0 Å². The first-order chi connectivity index (χ1) is 9.56. The molecule has 0 bridgehead atoms. The van der Waals surface area contributed by atoms with E-state index in [4.69, 9.17) is 5.73 Å². The number of nitrogens with zero attached hydrogens (tertiary/aromatic N) is 4. The van der Waals surface area contributed by atoms with Crippen LogP contribution in [0.25, 0.3) is 11.0 Å². The van der Waals surface area contributed by atoms with Gasteiger partial charge in [-0.1, -0.05) is 6.07 Å². The smallest absolute Gasteiger partial charge is 0.201 e. The lowest BCUT2D eigenvalue weighted by Gasteiger charge is -2.05. The molecule has 3 aromatic rings. The van der Waals surface area contributed by atoms with Crippen LogP contribution in [0.5, 0.6) is 0 Å². The molecule has 0 unspecified atom stereocenters. The molecule has 0 aliphatic rings. The van der Waals surface area contributed by atoms with Gasteiger partial charge in [0.25, 0.3) is 0 Å². The van der Waals surface area contributed by atoms with Crippen molar-refractivity contribution >= 4 is 28.5 Å². The maximum Gasteiger partial charge on any atom is 0.201 e. The van der Waals surface area contributed by atoms with Crippen molar-refractivity contribution in [3.05, 3.63) is 30.7 Å². The molecule has 3 rings (SSSR count). The summed E-state index contributed by atoms with van der Waals surface area (Å²) in [6.07, 6.45) is 3.80. The molecule has 0 aliphatic heterocycles. The number of benzene rings is 1. The van der Waals surface area contributed by atoms with Gasteiger partial charge in [0, 0.05) is 19.3 Å². The summed E-state index contributed by atoms with van der Waals surface area (Å²) < 4.78 is 3.92. The van der Waals surface area contributed by atoms with E-state index in [0.29, 0.717) is 12.0 Å². The Morgan fingerprint density at radius 2 is 2.10 bits per heavy atom. The number of para-hydroxylation sites is 1. The van der Waals surface area contributed by atoms with Gasteiger partial charge in [-0.3, -0.25) is 0 Å². The molecular weight excluding hydrogens is 252 g/mol. The van der Waals surface area contributed by atoms with Crippen molar-refractivity contribution in [2.24, 2.45) is 7.05 Å². The molecule has 0 aliphatic carbocycles. The first-order valence-electron chi connectivity index (χ1n) is 6.57. The highest BCUT2D eigenvalue weighted by atomic mass is 15.2. The summed E-state index contributed by atoms with van der Waals surface area (Å²) in [5.41, 5.74) is 8.62. The maximum absolute atomic E-state index is 5.86. The minimum absolute atomic E-state index is 0.388. The van der Waals surface area contributed by atoms with Gasteiger partial charge in [-0.25, -0.2) is 9.97 Å². The van der Waals surface area contributed by atoms with Gasteiger partial charge in [0.2, 0.25) is 5.95 Å². The Morgan fingerprint density at radius 1 is 1.30 bits per heavy atom. The van der Waals surface area contributed by atoms with E-state index >= 15 is 0 Å². The van der Waals surface area contributed by atoms with Crippen molar-refractivity contribution in [3.63, 3.8) is 0 Å². The second-order valence-electron chi connectivity index (χ2n) is 5.13. The molecule has 104 valence electrons. The summed E-state index contributed by atoms with van der Waals surface area (Å²) in [5, 5.41) is 3.30. The predicted molar refractivity (Wildman–Crippen MR) is 81.0 cm³/mol. The zero-order valence-electron chi connectivity index (χ0n) is 11.8. The normalized spacial score (nSPS) is 11.4. The molecule has 0 atom stereocenters. The molecule has 20 heavy (non-hydrogen) atoms. The topological polar surface area (TPSA) is 73.7 Å². The van der Waals surface area contributed by atoms with E-state index in [2.05, 4.69) is 33.7 Å². The molecular formula is C14H18N6. The molecule has 6 heteroatoms. The van der Waals surface area contributed by atoms with Crippen LogP contribution in [-0.4, -0.2) is 19.1 Å². The number of aryl methyl sites for hydroxylation is 1. The first kappa shape index (κ1) is 12.5. The summed E-state index contributed by atoms with van der Waals surface area (Å²) in [6, 6.07) is 6.34. The second-order valence-corrected chi connectivity index (χ2v) is 5.13. The van der Waals surface area contributed by atoms with Crippen LogP contribution < -0.4 is 11.1 Å². The van der Waals surface area contributed by atoms with E-state index in [0.717, 1.165) is 22.5 Å². The van der Waals surface area contributed by atoms with Crippen LogP contribution >= 0.6 is 0 Å². The van der Waals surface area contributed by atoms with Crippen molar-refractivity contribution in [2.45, 2.75) is 19.9 Å². The molecule has 6 nitrogen and oxygen atoms in total. The van der Waals surface area contributed by atoms with Gasteiger partial charge in [0.15, 0.2) is 0 Å². The Kier molecular flexibility index (Phi) is 2.85. The lowest BCUT2D eigenvalue weighted by atomic mass is 10.2. The number of imidazole rings is 2. The Bertz CT molecular complexity index is 752. The van der Waals surface area contributed by atoms with Gasteiger partial charge >= 0.3 is 0 Å². The van der Waals surface area contributed by atoms with Crippen LogP contribution in [-0.2, 0) is 7.05 Å². The average molecular weight is 270 g/mol. The number of nitrogen functional groups attached to an aromatic ring is 1. The van der Waals surface area contributed by atoms with Gasteiger partial charge < -0.3 is 20.2 Å². The molecule has 0 fully saturated rings. The van der Waals surface area contributed by atoms with E-state index < -0.39 is 0 Å². The van der Waals surface area contributed by atoms with Crippen molar-refractivity contribution in [2.75, 3.05) is 11.1 Å². The number of fused-ring (bicyclic) bond motifs is 1. The van der Waals surface area contributed by atoms with E-state index in [1.807, 2.05) is 42.3 Å². The molecule has 0 saturated heterocycles. The number of rotatable bonds is 3. The third kappa shape index (κ3) is 1.99. The molecule has 3 N–H and O–H groups in total. The molecule has 0 amide bonds. The quantitative estimate of drug-likeness (QED) is 0.767. The van der Waals surface area contributed by atoms with Crippen molar-refractivity contribution in [3.8, 4) is 0 Å². The minimum Gasteiger partial charge on any atom is -0.369 e. The third-order valence-corrected chi connectivity index (χ3v) is 3.41. The number of nitrogens with two attached hydrogens (primary N) is 1. The fourth-order valence-electron chi connectivity index (χ4n) is 2.15. The highest BCUT2D eigenvalue weighted by Gasteiger charge is 2.10. The predicted octanol–water partition coefficient (Wildman–Crippen LogP) is 2.68. The Morgan fingerprint density at radius 3 is 2.80 bits per heavy atom. The second kappa shape index (κ2) is 4.56. The minimum atomic E-state index is 0.388. The molecule has 1 aromatic carbocycles. The Hall–Kier alpha value is -2.50. The standard InChI is InChI=1S/C14H18N6/c1-9(2)20-7-12(16-8-20)17-10-5-4-6-11-13(10)18-14(15)19(11)3/h4-9,17H,1-3H3,(H2,15,18). The number of hydrogen-bond donors (Lipinski definition) is 2. The Balaban J connectivity index is 1.99. The number of nitrogens with one attached hydrogen (secondary N) is 1. The van der Waals surface area contributed by atoms with Crippen LogP contribution in [0.1, 0.15) is 19.9 Å². The summed E-state index contributed by atoms with van der Waals surface area (Å²) in [4.78, 5) is 8.75. The zero-order chi connectivity index (χ0) is 14.3. The lowest BCUT2D eigenvalue weighted by Crippen LogP contribution is -1.96. The van der Waals surface area contributed by atoms with Gasteiger partial charge in [0.05, 0.1) is 17.5 Å². The maximum atomic E-state index is 5.86. The molecule has 0 saturated carbocycles. The van der Waals surface area contributed by atoms with Crippen LogP contribution in [0.15, 0.2) is 30.7 Å². The number of anilines is 3. The molecule has 0 radical (unpaired) electrons. The summed E-state index contributed by atoms with van der Waals surface area (Å²) in [6.45, 7) is 4.23. The fourth-order valence-corrected chi connectivity index (χ4v) is 2.15. The van der Waals surface area contributed by atoms with Crippen molar-refractivity contribution in [1.82, 2.24) is 19.1 Å². The largest absolute Gasteiger partial charge is 0.369 e. The lowest BCUT2D eigenvalue weighted by molar-refractivity contribution is 0.600. The highest BCUT2D eigenvalue weighted by Crippen LogP contribution is 2.26. The average Bonchev–Trinajstić information content (AvgIpc) is 2.98. The van der Waals surface area contributed by atoms with Gasteiger partial charge in [-0.05, 0) is 26.0 Å². The summed E-state index contributed by atoms with van der Waals surface area (Å²) in [5.74, 6) is 1.30. The van der Waals surface area contributed by atoms with Crippen molar-refractivity contribution < 1.29 is 0 Å². The van der Waals surface area contributed by atoms with E-state index in [9.17, 15) is 0 Å². The van der Waals surface area contributed by atoms with Gasteiger partial charge in [0.1, 0.15) is 11.3 Å². The highest BCUT2D eigenvalue weighted by molar-refractivity contribution is 5.91. The van der Waals surface area contributed by atoms with Crippen LogP contribution in [0.2, 0.25) is 0 Å². The van der Waals surface area contributed by atoms with E-state index in [1.165, 1.54) is 0 Å². The summed E-state index contributed by atoms with van der Waals surface area (Å²) in [7, 11) is 1.90. The van der Waals surface area contributed by atoms with Crippen LogP contribution in [0.3, 0.4) is 0 Å². The molecule has 0 spiro atoms. The number of aromatic nitrogens is 4. The van der Waals surface area contributed by atoms with E-state index in [-0.39, 0.29) is 0 Å². The van der Waals surface area contributed by atoms with Gasteiger partial charge in [-0.2, -0.15) is 0 Å². The van der Waals surface area contributed by atoms with E-state index in [1.54, 1.807) is 0 Å². The first-order valence-corrected chi connectivity index (χ1v) is 6.57.